The Hall–Kier alpha value is -4.17. The third-order valence-electron chi connectivity index (χ3n) is 6.01. The minimum Gasteiger partial charge on any atom is -0.284 e. The maximum absolute atomic E-state index is 14.6. The number of hydrogen-bond donors (Lipinski definition) is 1. The van der Waals surface area contributed by atoms with Crippen molar-refractivity contribution >= 4 is 31.1 Å². The van der Waals surface area contributed by atoms with Crippen molar-refractivity contribution in [1.29, 1.82) is 0 Å². The molecule has 4 heterocycles. The Kier molecular flexibility index (Phi) is 7.14. The van der Waals surface area contributed by atoms with Gasteiger partial charge in [-0.3, -0.25) is 14.4 Å². The van der Waals surface area contributed by atoms with Gasteiger partial charge in [-0.1, -0.05) is 6.07 Å². The lowest BCUT2D eigenvalue weighted by atomic mass is 10.0. The highest BCUT2D eigenvalue weighted by atomic mass is 32.2. The van der Waals surface area contributed by atoms with E-state index in [1.807, 2.05) is 18.3 Å². The molecule has 0 amide bonds. The molecule has 208 valence electrons. The zero-order valence-electron chi connectivity index (χ0n) is 21.4. The van der Waals surface area contributed by atoms with Crippen molar-refractivity contribution in [3.8, 4) is 33.5 Å². The van der Waals surface area contributed by atoms with E-state index in [1.54, 1.807) is 39.9 Å². The zero-order valence-corrected chi connectivity index (χ0v) is 23.0. The standard InChI is InChI=1S/C26H24F2N6O4S2/c1-39(35,36)7-3-6-33-15-20(12-30-33)17-4-5-25-23(14-31-34(25)16-17)18-8-19(10-22(9-18)32-40(2,37)38)26-24(28)11-21(27)13-29-26/h4-5,8-16,32H,3,6-7H2,1-2H3. The van der Waals surface area contributed by atoms with Gasteiger partial charge in [-0.15, -0.1) is 0 Å². The zero-order chi connectivity index (χ0) is 28.7. The average Bonchev–Trinajstić information content (AvgIpc) is 3.49. The lowest BCUT2D eigenvalue weighted by Crippen LogP contribution is -2.09. The molecule has 0 aliphatic carbocycles. The van der Waals surface area contributed by atoms with E-state index in [4.69, 9.17) is 0 Å². The molecule has 0 radical (unpaired) electrons. The summed E-state index contributed by atoms with van der Waals surface area (Å²) in [5, 5.41) is 8.76. The number of aryl methyl sites for hydroxylation is 1. The van der Waals surface area contributed by atoms with E-state index in [0.29, 0.717) is 35.7 Å². The summed E-state index contributed by atoms with van der Waals surface area (Å²) in [6.07, 6.45) is 10.5. The number of anilines is 1. The Labute approximate surface area is 229 Å². The molecule has 0 unspecified atom stereocenters. The topological polar surface area (TPSA) is 128 Å². The van der Waals surface area contributed by atoms with Crippen LogP contribution in [-0.2, 0) is 26.4 Å². The molecule has 0 aliphatic rings. The predicted molar refractivity (Wildman–Crippen MR) is 148 cm³/mol. The largest absolute Gasteiger partial charge is 0.284 e. The van der Waals surface area contributed by atoms with Crippen molar-refractivity contribution in [2.24, 2.45) is 0 Å². The minimum absolute atomic E-state index is 0.0801. The quantitative estimate of drug-likeness (QED) is 0.276. The van der Waals surface area contributed by atoms with E-state index < -0.39 is 31.5 Å². The second-order valence-electron chi connectivity index (χ2n) is 9.44. The van der Waals surface area contributed by atoms with Crippen LogP contribution in [0, 0.1) is 11.6 Å². The van der Waals surface area contributed by atoms with E-state index in [9.17, 15) is 25.6 Å². The molecule has 10 nitrogen and oxygen atoms in total. The molecule has 1 aromatic carbocycles. The predicted octanol–water partition coefficient (Wildman–Crippen LogP) is 4.01. The summed E-state index contributed by atoms with van der Waals surface area (Å²) in [6.45, 7) is 0.463. The highest BCUT2D eigenvalue weighted by molar-refractivity contribution is 7.92. The van der Waals surface area contributed by atoms with Crippen molar-refractivity contribution in [2.75, 3.05) is 23.0 Å². The highest BCUT2D eigenvalue weighted by Gasteiger charge is 2.16. The summed E-state index contributed by atoms with van der Waals surface area (Å²) in [7, 11) is -6.69. The lowest BCUT2D eigenvalue weighted by molar-refractivity contribution is 0.575. The van der Waals surface area contributed by atoms with Crippen LogP contribution >= 0.6 is 0 Å². The molecule has 14 heteroatoms. The first kappa shape index (κ1) is 27.4. The SMILES string of the molecule is CS(=O)(=O)CCCn1cc(-c2ccc3c(-c4cc(NS(C)(=O)=O)cc(-c5ncc(F)cc5F)c4)cnn3c2)cn1. The van der Waals surface area contributed by atoms with Crippen LogP contribution in [0.5, 0.6) is 0 Å². The van der Waals surface area contributed by atoms with Crippen LogP contribution in [0.4, 0.5) is 14.5 Å². The molecular formula is C26H24F2N6O4S2. The molecule has 0 aliphatic heterocycles. The third kappa shape index (κ3) is 6.34. The molecule has 0 bridgehead atoms. The summed E-state index contributed by atoms with van der Waals surface area (Å²) in [5.41, 5.74) is 3.81. The summed E-state index contributed by atoms with van der Waals surface area (Å²) < 4.78 is 80.4. The molecular weight excluding hydrogens is 562 g/mol. The molecule has 0 spiro atoms. The van der Waals surface area contributed by atoms with Crippen LogP contribution in [0.25, 0.3) is 39.0 Å². The van der Waals surface area contributed by atoms with Gasteiger partial charge in [0.15, 0.2) is 5.82 Å². The summed E-state index contributed by atoms with van der Waals surface area (Å²) in [4.78, 5) is 3.86. The first-order chi connectivity index (χ1) is 18.8. The average molecular weight is 587 g/mol. The van der Waals surface area contributed by atoms with Crippen LogP contribution in [0.1, 0.15) is 6.42 Å². The van der Waals surface area contributed by atoms with Crippen molar-refractivity contribution in [3.05, 3.63) is 79.0 Å². The second kappa shape index (κ2) is 10.4. The highest BCUT2D eigenvalue weighted by Crippen LogP contribution is 2.34. The van der Waals surface area contributed by atoms with Crippen LogP contribution in [0.3, 0.4) is 0 Å². The van der Waals surface area contributed by atoms with E-state index in [2.05, 4.69) is 19.9 Å². The number of benzene rings is 1. The molecule has 40 heavy (non-hydrogen) atoms. The molecule has 0 atom stereocenters. The Morgan fingerprint density at radius 1 is 0.850 bits per heavy atom. The number of nitrogens with zero attached hydrogens (tertiary/aromatic N) is 5. The maximum atomic E-state index is 14.6. The molecule has 0 saturated heterocycles. The van der Waals surface area contributed by atoms with Crippen molar-refractivity contribution in [3.63, 3.8) is 0 Å². The fraction of sp³-hybridized carbons (Fsp3) is 0.192. The summed E-state index contributed by atoms with van der Waals surface area (Å²) in [5.74, 6) is -1.63. The lowest BCUT2D eigenvalue weighted by Gasteiger charge is -2.11. The molecule has 5 rings (SSSR count). The molecule has 0 fully saturated rings. The van der Waals surface area contributed by atoms with E-state index in [0.717, 1.165) is 23.6 Å². The van der Waals surface area contributed by atoms with Gasteiger partial charge in [0, 0.05) is 59.2 Å². The van der Waals surface area contributed by atoms with Gasteiger partial charge in [0.1, 0.15) is 21.3 Å². The first-order valence-corrected chi connectivity index (χ1v) is 15.9. The first-order valence-electron chi connectivity index (χ1n) is 12.0. The van der Waals surface area contributed by atoms with Gasteiger partial charge < -0.3 is 0 Å². The minimum atomic E-state index is -3.65. The van der Waals surface area contributed by atoms with Crippen molar-refractivity contribution < 1.29 is 25.6 Å². The number of pyridine rings is 2. The summed E-state index contributed by atoms with van der Waals surface area (Å²) in [6, 6.07) is 9.07. The normalized spacial score (nSPS) is 12.2. The van der Waals surface area contributed by atoms with Gasteiger partial charge in [-0.2, -0.15) is 10.2 Å². The molecule has 5 aromatic rings. The number of sulfone groups is 1. The number of aromatic nitrogens is 5. The van der Waals surface area contributed by atoms with Crippen molar-refractivity contribution in [1.82, 2.24) is 24.4 Å². The molecule has 0 saturated carbocycles. The number of fused-ring (bicyclic) bond motifs is 1. The Morgan fingerprint density at radius 2 is 1.62 bits per heavy atom. The smallest absolute Gasteiger partial charge is 0.229 e. The van der Waals surface area contributed by atoms with Gasteiger partial charge in [0.25, 0.3) is 0 Å². The van der Waals surface area contributed by atoms with Gasteiger partial charge in [-0.05, 0) is 36.2 Å². The van der Waals surface area contributed by atoms with E-state index in [1.165, 1.54) is 12.3 Å². The number of rotatable bonds is 9. The fourth-order valence-electron chi connectivity index (χ4n) is 4.32. The molecule has 4 aromatic heterocycles. The Bertz CT molecular complexity index is 1950. The third-order valence-corrected chi connectivity index (χ3v) is 7.65. The fourth-order valence-corrected chi connectivity index (χ4v) is 5.52. The van der Waals surface area contributed by atoms with Crippen LogP contribution in [0.15, 0.2) is 67.4 Å². The van der Waals surface area contributed by atoms with Crippen LogP contribution in [-0.4, -0.2) is 59.5 Å². The van der Waals surface area contributed by atoms with Gasteiger partial charge in [-0.25, -0.2) is 30.1 Å². The van der Waals surface area contributed by atoms with Gasteiger partial charge in [0.05, 0.1) is 36.1 Å². The second-order valence-corrected chi connectivity index (χ2v) is 13.4. The number of sulfonamides is 1. The van der Waals surface area contributed by atoms with Gasteiger partial charge in [0.2, 0.25) is 10.0 Å². The Morgan fingerprint density at radius 3 is 2.35 bits per heavy atom. The number of nitrogens with one attached hydrogen (secondary N) is 1. The van der Waals surface area contributed by atoms with Crippen LogP contribution in [0.2, 0.25) is 0 Å². The van der Waals surface area contributed by atoms with Gasteiger partial charge >= 0.3 is 0 Å². The Balaban J connectivity index is 1.50. The maximum Gasteiger partial charge on any atom is 0.229 e. The van der Waals surface area contributed by atoms with Crippen LogP contribution < -0.4 is 4.72 Å². The number of halogens is 2. The molecule has 1 N–H and O–H groups in total. The van der Waals surface area contributed by atoms with Crippen molar-refractivity contribution in [2.45, 2.75) is 13.0 Å². The van der Waals surface area contributed by atoms with E-state index >= 15 is 0 Å². The number of hydrogen-bond acceptors (Lipinski definition) is 7. The van der Waals surface area contributed by atoms with E-state index in [-0.39, 0.29) is 22.7 Å². The monoisotopic (exact) mass is 586 g/mol. The summed E-state index contributed by atoms with van der Waals surface area (Å²) >= 11 is 0.